The average Bonchev–Trinajstić information content (AvgIpc) is 2.34. The topological polar surface area (TPSA) is 22.1 Å². The Morgan fingerprint density at radius 1 is 1.12 bits per heavy atom. The summed E-state index contributed by atoms with van der Waals surface area (Å²) in [5.41, 5.74) is 1.46. The molecule has 17 heavy (non-hydrogen) atoms. The van der Waals surface area contributed by atoms with Gasteiger partial charge in [0.2, 0.25) is 0 Å². The maximum absolute atomic E-state index is 13.3. The van der Waals surface area contributed by atoms with Crippen molar-refractivity contribution in [1.82, 2.24) is 4.98 Å². The van der Waals surface area contributed by atoms with Crippen LogP contribution in [0.25, 0.3) is 0 Å². The van der Waals surface area contributed by atoms with Gasteiger partial charge in [-0.05, 0) is 17.7 Å². The van der Waals surface area contributed by atoms with E-state index in [2.05, 4.69) is 4.98 Å². The first-order chi connectivity index (χ1) is 8.25. The van der Waals surface area contributed by atoms with E-state index in [-0.39, 0.29) is 12.4 Å². The van der Waals surface area contributed by atoms with Crippen LogP contribution in [0.4, 0.5) is 4.39 Å². The minimum atomic E-state index is -0.248. The number of halogens is 2. The van der Waals surface area contributed by atoms with Gasteiger partial charge < -0.3 is 4.74 Å². The van der Waals surface area contributed by atoms with Crippen LogP contribution < -0.4 is 0 Å². The van der Waals surface area contributed by atoms with Crippen molar-refractivity contribution in [2.75, 3.05) is 0 Å². The van der Waals surface area contributed by atoms with E-state index in [1.807, 2.05) is 6.07 Å². The van der Waals surface area contributed by atoms with Crippen molar-refractivity contribution in [3.05, 3.63) is 64.7 Å². The Morgan fingerprint density at radius 2 is 1.94 bits per heavy atom. The first-order valence-corrected chi connectivity index (χ1v) is 5.55. The lowest BCUT2D eigenvalue weighted by atomic mass is 10.2. The molecule has 2 nitrogen and oxygen atoms in total. The standard InChI is InChI=1S/C13H11ClFNO/c14-13-6-5-10(7-16-13)8-17-9-11-3-1-2-4-12(11)15/h1-7H,8-9H2. The highest BCUT2D eigenvalue weighted by molar-refractivity contribution is 6.29. The van der Waals surface area contributed by atoms with E-state index in [0.717, 1.165) is 5.56 Å². The van der Waals surface area contributed by atoms with Crippen molar-refractivity contribution in [2.45, 2.75) is 13.2 Å². The third kappa shape index (κ3) is 3.51. The quantitative estimate of drug-likeness (QED) is 0.775. The van der Waals surface area contributed by atoms with Crippen LogP contribution in [-0.2, 0) is 18.0 Å². The van der Waals surface area contributed by atoms with Crippen molar-refractivity contribution in [3.8, 4) is 0 Å². The Morgan fingerprint density at radius 3 is 2.65 bits per heavy atom. The number of hydrogen-bond acceptors (Lipinski definition) is 2. The van der Waals surface area contributed by atoms with Gasteiger partial charge in [-0.2, -0.15) is 0 Å². The zero-order valence-electron chi connectivity index (χ0n) is 9.07. The van der Waals surface area contributed by atoms with Gasteiger partial charge in [-0.3, -0.25) is 0 Å². The molecule has 0 spiro atoms. The molecule has 0 saturated heterocycles. The maximum Gasteiger partial charge on any atom is 0.129 e. The Balaban J connectivity index is 1.88. The van der Waals surface area contributed by atoms with Gasteiger partial charge in [-0.1, -0.05) is 35.9 Å². The smallest absolute Gasteiger partial charge is 0.129 e. The first-order valence-electron chi connectivity index (χ1n) is 5.17. The van der Waals surface area contributed by atoms with Crippen molar-refractivity contribution >= 4 is 11.6 Å². The highest BCUT2D eigenvalue weighted by Gasteiger charge is 2.01. The number of ether oxygens (including phenoxy) is 1. The van der Waals surface area contributed by atoms with Crippen LogP contribution in [-0.4, -0.2) is 4.98 Å². The highest BCUT2D eigenvalue weighted by atomic mass is 35.5. The second-order valence-corrected chi connectivity index (χ2v) is 3.96. The fourth-order valence-electron chi connectivity index (χ4n) is 1.39. The lowest BCUT2D eigenvalue weighted by Crippen LogP contribution is -1.97. The zero-order chi connectivity index (χ0) is 12.1. The van der Waals surface area contributed by atoms with E-state index in [0.29, 0.717) is 17.3 Å². The van der Waals surface area contributed by atoms with Gasteiger partial charge in [-0.25, -0.2) is 9.37 Å². The SMILES string of the molecule is Fc1ccccc1COCc1ccc(Cl)nc1. The summed E-state index contributed by atoms with van der Waals surface area (Å²) in [6, 6.07) is 10.1. The number of pyridine rings is 1. The lowest BCUT2D eigenvalue weighted by Gasteiger charge is -2.05. The Hall–Kier alpha value is -1.45. The molecule has 1 heterocycles. The summed E-state index contributed by atoms with van der Waals surface area (Å²) in [6.45, 7) is 0.633. The molecule has 88 valence electrons. The molecule has 1 aromatic heterocycles. The molecule has 0 radical (unpaired) electrons. The van der Waals surface area contributed by atoms with Crippen LogP contribution in [0, 0.1) is 5.82 Å². The minimum absolute atomic E-state index is 0.245. The molecular formula is C13H11ClFNO. The molecule has 0 unspecified atom stereocenters. The predicted molar refractivity (Wildman–Crippen MR) is 64.1 cm³/mol. The summed E-state index contributed by atoms with van der Waals surface area (Å²) in [5.74, 6) is -0.248. The van der Waals surface area contributed by atoms with E-state index in [1.54, 1.807) is 30.5 Å². The normalized spacial score (nSPS) is 10.5. The second-order valence-electron chi connectivity index (χ2n) is 3.57. The Labute approximate surface area is 104 Å². The molecule has 0 aliphatic carbocycles. The minimum Gasteiger partial charge on any atom is -0.372 e. The van der Waals surface area contributed by atoms with Crippen molar-refractivity contribution in [2.24, 2.45) is 0 Å². The summed E-state index contributed by atoms with van der Waals surface area (Å²) in [5, 5.41) is 0.447. The summed E-state index contributed by atoms with van der Waals surface area (Å²) in [4.78, 5) is 3.93. The highest BCUT2D eigenvalue weighted by Crippen LogP contribution is 2.10. The third-order valence-electron chi connectivity index (χ3n) is 2.27. The van der Waals surface area contributed by atoms with Gasteiger partial charge in [0, 0.05) is 11.8 Å². The summed E-state index contributed by atoms with van der Waals surface area (Å²) in [7, 11) is 0. The largest absolute Gasteiger partial charge is 0.372 e. The number of rotatable bonds is 4. The molecule has 0 atom stereocenters. The second kappa shape index (κ2) is 5.75. The summed E-state index contributed by atoms with van der Waals surface area (Å²) < 4.78 is 18.7. The molecule has 0 aliphatic rings. The Kier molecular flexibility index (Phi) is 4.07. The number of aromatic nitrogens is 1. The van der Waals surface area contributed by atoms with E-state index >= 15 is 0 Å². The van der Waals surface area contributed by atoms with Gasteiger partial charge in [-0.15, -0.1) is 0 Å². The lowest BCUT2D eigenvalue weighted by molar-refractivity contribution is 0.104. The maximum atomic E-state index is 13.3. The van der Waals surface area contributed by atoms with Crippen molar-refractivity contribution in [3.63, 3.8) is 0 Å². The fraction of sp³-hybridized carbons (Fsp3) is 0.154. The third-order valence-corrected chi connectivity index (χ3v) is 2.50. The molecule has 0 saturated carbocycles. The zero-order valence-corrected chi connectivity index (χ0v) is 9.82. The van der Waals surface area contributed by atoms with Crippen LogP contribution in [0.2, 0.25) is 5.15 Å². The van der Waals surface area contributed by atoms with Gasteiger partial charge >= 0.3 is 0 Å². The Bertz CT molecular complexity index is 487. The number of nitrogens with zero attached hydrogens (tertiary/aromatic N) is 1. The summed E-state index contributed by atoms with van der Waals surface area (Å²) in [6.07, 6.45) is 1.64. The molecule has 1 aromatic carbocycles. The van der Waals surface area contributed by atoms with Crippen LogP contribution in [0.3, 0.4) is 0 Å². The fourth-order valence-corrected chi connectivity index (χ4v) is 1.50. The van der Waals surface area contributed by atoms with Crippen LogP contribution in [0.15, 0.2) is 42.6 Å². The monoisotopic (exact) mass is 251 g/mol. The molecule has 0 amide bonds. The van der Waals surface area contributed by atoms with E-state index < -0.39 is 0 Å². The molecule has 0 bridgehead atoms. The van der Waals surface area contributed by atoms with Gasteiger partial charge in [0.15, 0.2) is 0 Å². The van der Waals surface area contributed by atoms with Crippen molar-refractivity contribution < 1.29 is 9.13 Å². The van der Waals surface area contributed by atoms with Gasteiger partial charge in [0.05, 0.1) is 13.2 Å². The van der Waals surface area contributed by atoms with E-state index in [9.17, 15) is 4.39 Å². The molecule has 0 fully saturated rings. The van der Waals surface area contributed by atoms with Gasteiger partial charge in [0.1, 0.15) is 11.0 Å². The van der Waals surface area contributed by atoms with E-state index in [4.69, 9.17) is 16.3 Å². The molecular weight excluding hydrogens is 241 g/mol. The molecule has 2 rings (SSSR count). The molecule has 0 aliphatic heterocycles. The molecule has 2 aromatic rings. The van der Waals surface area contributed by atoms with Crippen molar-refractivity contribution in [1.29, 1.82) is 0 Å². The van der Waals surface area contributed by atoms with E-state index in [1.165, 1.54) is 6.07 Å². The number of hydrogen-bond donors (Lipinski definition) is 0. The predicted octanol–water partition coefficient (Wildman–Crippen LogP) is 3.59. The summed E-state index contributed by atoms with van der Waals surface area (Å²) >= 11 is 5.66. The van der Waals surface area contributed by atoms with Crippen LogP contribution in [0.1, 0.15) is 11.1 Å². The van der Waals surface area contributed by atoms with Crippen LogP contribution >= 0.6 is 11.6 Å². The molecule has 0 N–H and O–H groups in total. The van der Waals surface area contributed by atoms with Crippen LogP contribution in [0.5, 0.6) is 0 Å². The van der Waals surface area contributed by atoms with Gasteiger partial charge in [0.25, 0.3) is 0 Å². The number of benzene rings is 1. The average molecular weight is 252 g/mol. The first kappa shape index (κ1) is 12.0. The molecule has 4 heteroatoms.